The molecule has 0 aliphatic carbocycles. The molecule has 0 saturated heterocycles. The van der Waals surface area contributed by atoms with Crippen molar-refractivity contribution >= 4 is 66.4 Å². The fourth-order valence-electron chi connectivity index (χ4n) is 4.80. The number of methoxy groups -OCH3 is 4. The molecular weight excluding hydrogens is 667 g/mol. The fraction of sp³-hybridized carbons (Fsp3) is 0.412. The molecule has 0 N–H and O–H groups in total. The molecule has 0 aliphatic heterocycles. The summed E-state index contributed by atoms with van der Waals surface area (Å²) in [6.07, 6.45) is 0.324. The number of hydrogen-bond acceptors (Lipinski definition) is 13. The summed E-state index contributed by atoms with van der Waals surface area (Å²) in [7, 11) is 5.44. The minimum Gasteiger partial charge on any atom is -0.493 e. The lowest BCUT2D eigenvalue weighted by atomic mass is 10.0. The lowest BCUT2D eigenvalue weighted by molar-refractivity contribution is -0.145. The molecule has 0 amide bonds. The Morgan fingerprint density at radius 1 is 0.708 bits per heavy atom. The Balaban J connectivity index is 1.43. The van der Waals surface area contributed by atoms with E-state index in [0.29, 0.717) is 32.4 Å². The van der Waals surface area contributed by atoms with Crippen LogP contribution < -0.4 is 18.9 Å². The average molecular weight is 705 g/mol. The van der Waals surface area contributed by atoms with E-state index < -0.39 is 29.6 Å². The third-order valence-electron chi connectivity index (χ3n) is 7.35. The maximum Gasteiger partial charge on any atom is 0.308 e. The van der Waals surface area contributed by atoms with Gasteiger partial charge in [-0.3, -0.25) is 19.2 Å². The van der Waals surface area contributed by atoms with Crippen LogP contribution in [0.3, 0.4) is 0 Å². The smallest absolute Gasteiger partial charge is 0.308 e. The zero-order valence-electron chi connectivity index (χ0n) is 27.5. The number of Topliss-reactive ketones (excluding diaryl/α,β-unsaturated/α-hetero) is 2. The third-order valence-corrected chi connectivity index (χ3v) is 9.61. The van der Waals surface area contributed by atoms with Crippen LogP contribution in [0.25, 0.3) is 20.2 Å². The van der Waals surface area contributed by atoms with Crippen molar-refractivity contribution in [3.05, 3.63) is 45.9 Å². The Hall–Kier alpha value is -4.27. The predicted molar refractivity (Wildman–Crippen MR) is 179 cm³/mol. The molecule has 11 nitrogen and oxygen atoms in total. The number of rotatable bonds is 18. The molecule has 0 bridgehead atoms. The first-order valence-electron chi connectivity index (χ1n) is 15.0. The first kappa shape index (κ1) is 36.6. The Morgan fingerprint density at radius 2 is 1.27 bits per heavy atom. The quantitative estimate of drug-likeness (QED) is 0.0466. The topological polar surface area (TPSA) is 133 Å². The number of benzene rings is 2. The first-order valence-corrected chi connectivity index (χ1v) is 16.6. The van der Waals surface area contributed by atoms with E-state index in [1.165, 1.54) is 45.8 Å². The van der Waals surface area contributed by atoms with Crippen molar-refractivity contribution in [1.82, 2.24) is 0 Å². The molecule has 48 heavy (non-hydrogen) atoms. The number of thiophene rings is 2. The van der Waals surface area contributed by atoms with Crippen molar-refractivity contribution in [1.29, 1.82) is 0 Å². The van der Waals surface area contributed by atoms with Gasteiger partial charge in [-0.2, -0.15) is 0 Å². The van der Waals surface area contributed by atoms with Crippen LogP contribution in [0.4, 0.5) is 4.39 Å². The van der Waals surface area contributed by atoms with Crippen molar-refractivity contribution in [3.8, 4) is 23.0 Å². The molecule has 0 spiro atoms. The summed E-state index contributed by atoms with van der Waals surface area (Å²) in [5.74, 6) is -2.35. The van der Waals surface area contributed by atoms with E-state index in [1.54, 1.807) is 38.1 Å². The molecule has 0 fully saturated rings. The summed E-state index contributed by atoms with van der Waals surface area (Å²) in [6, 6.07) is 8.33. The number of ether oxygens (including phenoxy) is 7. The standard InChI is InChI=1S/C34H37FO11S2/c1-18(33(38)42-5)10-22(36)29-13-20-12-24(25(46-17-40-3)15-27(20)47-29)44-8-7-9-45-32-26(41-4)16-28-21(31(32)35)14-30(48-28)23(37)11-19(2)34(39)43-6/h12-16,18-19H,7-11,17H2,1-6H3/t18-,19-/m0/s1. The van der Waals surface area contributed by atoms with Crippen LogP contribution >= 0.6 is 22.7 Å². The van der Waals surface area contributed by atoms with E-state index in [9.17, 15) is 19.2 Å². The van der Waals surface area contributed by atoms with Gasteiger partial charge in [0.15, 0.2) is 47.2 Å². The number of carbonyl (C=O) groups excluding carboxylic acids is 4. The molecule has 2 atom stereocenters. The van der Waals surface area contributed by atoms with Gasteiger partial charge in [0.05, 0.1) is 56.1 Å². The molecule has 4 rings (SSSR count). The summed E-state index contributed by atoms with van der Waals surface area (Å²) in [6.45, 7) is 3.48. The number of hydrogen-bond donors (Lipinski definition) is 0. The summed E-state index contributed by atoms with van der Waals surface area (Å²) in [4.78, 5) is 49.9. The lowest BCUT2D eigenvalue weighted by Gasteiger charge is -2.14. The Morgan fingerprint density at radius 3 is 1.88 bits per heavy atom. The summed E-state index contributed by atoms with van der Waals surface area (Å²) >= 11 is 2.39. The fourth-order valence-corrected chi connectivity index (χ4v) is 6.85. The molecule has 0 aliphatic rings. The average Bonchev–Trinajstić information content (AvgIpc) is 3.71. The van der Waals surface area contributed by atoms with Crippen molar-refractivity contribution in [3.63, 3.8) is 0 Å². The van der Waals surface area contributed by atoms with Gasteiger partial charge in [0.25, 0.3) is 0 Å². The van der Waals surface area contributed by atoms with E-state index in [1.807, 2.05) is 0 Å². The van der Waals surface area contributed by atoms with Crippen LogP contribution in [0, 0.1) is 17.7 Å². The zero-order valence-corrected chi connectivity index (χ0v) is 29.1. The van der Waals surface area contributed by atoms with E-state index >= 15 is 4.39 Å². The molecule has 2 heterocycles. The van der Waals surface area contributed by atoms with Gasteiger partial charge >= 0.3 is 11.9 Å². The van der Waals surface area contributed by atoms with Gasteiger partial charge in [-0.15, -0.1) is 22.7 Å². The van der Waals surface area contributed by atoms with Crippen molar-refractivity contribution in [2.75, 3.05) is 48.4 Å². The van der Waals surface area contributed by atoms with Crippen molar-refractivity contribution in [2.45, 2.75) is 33.1 Å². The van der Waals surface area contributed by atoms with Gasteiger partial charge < -0.3 is 33.2 Å². The van der Waals surface area contributed by atoms with Crippen LogP contribution in [-0.4, -0.2) is 72.0 Å². The third kappa shape index (κ3) is 8.60. The number of ketones is 2. The minimum absolute atomic E-state index is 0.0240. The van der Waals surface area contributed by atoms with Gasteiger partial charge in [-0.05, 0) is 23.6 Å². The molecular formula is C34H37FO11S2. The molecule has 4 aromatic rings. The maximum absolute atomic E-state index is 15.6. The highest BCUT2D eigenvalue weighted by Gasteiger charge is 2.24. The highest BCUT2D eigenvalue weighted by molar-refractivity contribution is 7.21. The highest BCUT2D eigenvalue weighted by atomic mass is 32.1. The van der Waals surface area contributed by atoms with E-state index in [-0.39, 0.29) is 61.3 Å². The highest BCUT2D eigenvalue weighted by Crippen LogP contribution is 2.41. The number of fused-ring (bicyclic) bond motifs is 2. The zero-order chi connectivity index (χ0) is 35.0. The van der Waals surface area contributed by atoms with Crippen LogP contribution in [0.2, 0.25) is 0 Å². The van der Waals surface area contributed by atoms with Crippen molar-refractivity contribution in [2.24, 2.45) is 11.8 Å². The maximum atomic E-state index is 15.6. The molecule has 0 radical (unpaired) electrons. The number of halogens is 1. The SMILES string of the molecule is COCOc1cc2sc(C(=O)C[C@H](C)C(=O)OC)cc2cc1OCCCOc1c(OC)cc2sc(C(=O)C[C@H](C)C(=O)OC)cc2c1F. The molecule has 2 aromatic carbocycles. The summed E-state index contributed by atoms with van der Waals surface area (Å²) < 4.78 is 54.3. The Kier molecular flexibility index (Phi) is 12.7. The molecule has 0 unspecified atom stereocenters. The van der Waals surface area contributed by atoms with Gasteiger partial charge in [0, 0.05) is 53.3 Å². The minimum atomic E-state index is -0.661. The second-order valence-corrected chi connectivity index (χ2v) is 13.1. The molecule has 258 valence electrons. The first-order chi connectivity index (χ1) is 23.0. The Bertz CT molecular complexity index is 1790. The monoisotopic (exact) mass is 704 g/mol. The second kappa shape index (κ2) is 16.7. The van der Waals surface area contributed by atoms with E-state index in [4.69, 9.17) is 33.2 Å². The van der Waals surface area contributed by atoms with Gasteiger partial charge in [-0.1, -0.05) is 13.8 Å². The normalized spacial score (nSPS) is 12.4. The number of esters is 2. The van der Waals surface area contributed by atoms with E-state index in [2.05, 4.69) is 0 Å². The van der Waals surface area contributed by atoms with Crippen LogP contribution in [0.1, 0.15) is 52.5 Å². The van der Waals surface area contributed by atoms with Gasteiger partial charge in [0.1, 0.15) is 0 Å². The van der Waals surface area contributed by atoms with Gasteiger partial charge in [0.2, 0.25) is 0 Å². The Labute approximate surface area is 284 Å². The van der Waals surface area contributed by atoms with E-state index in [0.717, 1.165) is 21.4 Å². The van der Waals surface area contributed by atoms with Crippen LogP contribution in [0.15, 0.2) is 30.3 Å². The second-order valence-electron chi connectivity index (χ2n) is 10.9. The molecule has 14 heteroatoms. The number of carbonyl (C=O) groups is 4. The summed E-state index contributed by atoms with van der Waals surface area (Å²) in [5, 5.41) is 0.973. The predicted octanol–water partition coefficient (Wildman–Crippen LogP) is 6.86. The van der Waals surface area contributed by atoms with Crippen LogP contribution in [-0.2, 0) is 23.8 Å². The van der Waals surface area contributed by atoms with Gasteiger partial charge in [-0.25, -0.2) is 4.39 Å². The van der Waals surface area contributed by atoms with Crippen molar-refractivity contribution < 1.29 is 56.7 Å². The molecule has 0 saturated carbocycles. The largest absolute Gasteiger partial charge is 0.493 e. The lowest BCUT2D eigenvalue weighted by Crippen LogP contribution is -2.16. The molecule has 2 aromatic heterocycles. The van der Waals surface area contributed by atoms with Crippen LogP contribution in [0.5, 0.6) is 23.0 Å². The summed E-state index contributed by atoms with van der Waals surface area (Å²) in [5.41, 5.74) is 0.